The summed E-state index contributed by atoms with van der Waals surface area (Å²) < 4.78 is 13.4. The molecule has 1 N–H and O–H groups in total. The van der Waals surface area contributed by atoms with Gasteiger partial charge < -0.3 is 10.0 Å². The topological polar surface area (TPSA) is 40.5 Å². The predicted molar refractivity (Wildman–Crippen MR) is 73.9 cm³/mol. The minimum Gasteiger partial charge on any atom is -0.396 e. The molecular weight excluding hydrogens is 265 g/mol. The summed E-state index contributed by atoms with van der Waals surface area (Å²) in [7, 11) is 0. The van der Waals surface area contributed by atoms with Crippen molar-refractivity contribution in [3.05, 3.63) is 29.6 Å². The van der Waals surface area contributed by atoms with E-state index >= 15 is 0 Å². The van der Waals surface area contributed by atoms with E-state index in [0.717, 1.165) is 12.8 Å². The number of benzene rings is 1. The van der Waals surface area contributed by atoms with Crippen molar-refractivity contribution in [2.24, 2.45) is 5.92 Å². The second-order valence-electron chi connectivity index (χ2n) is 4.77. The van der Waals surface area contributed by atoms with Crippen molar-refractivity contribution in [1.82, 2.24) is 4.90 Å². The van der Waals surface area contributed by atoms with Gasteiger partial charge in [0.2, 0.25) is 0 Å². The molecule has 1 saturated heterocycles. The van der Waals surface area contributed by atoms with E-state index in [1.54, 1.807) is 17.2 Å². The maximum absolute atomic E-state index is 13.4. The number of nitrogens with zero attached hydrogens (tertiary/aromatic N) is 1. The highest BCUT2D eigenvalue weighted by Crippen LogP contribution is 2.23. The first-order chi connectivity index (χ1) is 9.15. The van der Waals surface area contributed by atoms with Gasteiger partial charge in [-0.25, -0.2) is 4.39 Å². The minimum absolute atomic E-state index is 0.0494. The highest BCUT2D eigenvalue weighted by Gasteiger charge is 2.23. The summed E-state index contributed by atoms with van der Waals surface area (Å²) in [6.07, 6.45) is 3.46. The Kier molecular flexibility index (Phi) is 4.82. The third kappa shape index (κ3) is 3.28. The second-order valence-corrected chi connectivity index (χ2v) is 5.62. The Morgan fingerprint density at radius 2 is 2.16 bits per heavy atom. The van der Waals surface area contributed by atoms with Crippen LogP contribution in [0.2, 0.25) is 0 Å². The first-order valence-electron chi connectivity index (χ1n) is 6.39. The van der Waals surface area contributed by atoms with Crippen LogP contribution >= 0.6 is 11.8 Å². The number of amides is 1. The lowest BCUT2D eigenvalue weighted by Crippen LogP contribution is -2.39. The molecule has 1 aliphatic rings. The lowest BCUT2D eigenvalue weighted by Gasteiger charge is -2.31. The number of rotatable bonds is 3. The number of hydrogen-bond acceptors (Lipinski definition) is 3. The highest BCUT2D eigenvalue weighted by molar-refractivity contribution is 7.98. The van der Waals surface area contributed by atoms with E-state index in [9.17, 15) is 9.18 Å². The van der Waals surface area contributed by atoms with Gasteiger partial charge in [0.1, 0.15) is 5.82 Å². The molecule has 3 nitrogen and oxygen atoms in total. The van der Waals surface area contributed by atoms with Gasteiger partial charge in [-0.3, -0.25) is 4.79 Å². The van der Waals surface area contributed by atoms with Gasteiger partial charge in [0, 0.05) is 30.2 Å². The Morgan fingerprint density at radius 1 is 1.47 bits per heavy atom. The summed E-state index contributed by atoms with van der Waals surface area (Å²) in [5, 5.41) is 9.08. The molecular formula is C14H18FNO2S. The Balaban J connectivity index is 2.08. The third-order valence-electron chi connectivity index (χ3n) is 3.56. The van der Waals surface area contributed by atoms with Crippen LogP contribution < -0.4 is 0 Å². The van der Waals surface area contributed by atoms with Crippen LogP contribution in [0.3, 0.4) is 0 Å². The van der Waals surface area contributed by atoms with E-state index in [0.29, 0.717) is 29.5 Å². The fraction of sp³-hybridized carbons (Fsp3) is 0.500. The Bertz CT molecular complexity index is 459. The minimum atomic E-state index is -0.289. The highest BCUT2D eigenvalue weighted by atomic mass is 32.2. The van der Waals surface area contributed by atoms with Crippen molar-refractivity contribution in [2.45, 2.75) is 17.7 Å². The van der Waals surface area contributed by atoms with Crippen molar-refractivity contribution in [1.29, 1.82) is 0 Å². The van der Waals surface area contributed by atoms with Crippen molar-refractivity contribution in [2.75, 3.05) is 26.0 Å². The van der Waals surface area contributed by atoms with Crippen LogP contribution in [-0.2, 0) is 0 Å². The van der Waals surface area contributed by atoms with Gasteiger partial charge >= 0.3 is 0 Å². The van der Waals surface area contributed by atoms with Crippen LogP contribution in [0.5, 0.6) is 0 Å². The average Bonchev–Trinajstić information content (AvgIpc) is 2.47. The number of carbonyl (C=O) groups excluding carboxylic acids is 1. The fourth-order valence-electron chi connectivity index (χ4n) is 2.29. The van der Waals surface area contributed by atoms with Crippen LogP contribution in [0.25, 0.3) is 0 Å². The molecule has 0 bridgehead atoms. The monoisotopic (exact) mass is 283 g/mol. The van der Waals surface area contributed by atoms with E-state index in [2.05, 4.69) is 0 Å². The molecule has 1 aliphatic heterocycles. The Morgan fingerprint density at radius 3 is 2.74 bits per heavy atom. The van der Waals surface area contributed by atoms with Crippen LogP contribution in [0.15, 0.2) is 23.1 Å². The molecule has 0 unspecified atom stereocenters. The number of piperidine rings is 1. The number of halogens is 1. The number of carbonyl (C=O) groups is 1. The van der Waals surface area contributed by atoms with E-state index in [1.807, 2.05) is 0 Å². The smallest absolute Gasteiger partial charge is 0.253 e. The van der Waals surface area contributed by atoms with E-state index in [4.69, 9.17) is 5.11 Å². The normalized spacial score (nSPS) is 16.7. The Hall–Kier alpha value is -1.07. The fourth-order valence-corrected chi connectivity index (χ4v) is 2.80. The molecule has 0 radical (unpaired) electrons. The summed E-state index contributed by atoms with van der Waals surface area (Å²) in [5.74, 6) is -0.0336. The zero-order valence-corrected chi connectivity index (χ0v) is 11.8. The summed E-state index contributed by atoms with van der Waals surface area (Å²) >= 11 is 1.30. The van der Waals surface area contributed by atoms with Crippen molar-refractivity contribution in [3.8, 4) is 0 Å². The van der Waals surface area contributed by atoms with Crippen LogP contribution in [0.4, 0.5) is 4.39 Å². The third-order valence-corrected chi connectivity index (χ3v) is 4.31. The van der Waals surface area contributed by atoms with Gasteiger partial charge in [-0.05, 0) is 43.2 Å². The Labute approximate surface area is 116 Å². The van der Waals surface area contributed by atoms with Crippen LogP contribution in [-0.4, -0.2) is 41.9 Å². The largest absolute Gasteiger partial charge is 0.396 e. The van der Waals surface area contributed by atoms with E-state index in [1.165, 1.54) is 23.9 Å². The van der Waals surface area contributed by atoms with Crippen molar-refractivity contribution < 1.29 is 14.3 Å². The summed E-state index contributed by atoms with van der Waals surface area (Å²) in [6.45, 7) is 1.52. The maximum atomic E-state index is 13.4. The van der Waals surface area contributed by atoms with Gasteiger partial charge in [-0.15, -0.1) is 11.8 Å². The van der Waals surface area contributed by atoms with E-state index < -0.39 is 0 Å². The molecule has 0 spiro atoms. The SMILES string of the molecule is CSc1cc(C(=O)N2CCC(CO)CC2)ccc1F. The summed E-state index contributed by atoms with van der Waals surface area (Å²) in [6, 6.07) is 4.50. The van der Waals surface area contributed by atoms with Gasteiger partial charge in [0.05, 0.1) is 0 Å². The summed E-state index contributed by atoms with van der Waals surface area (Å²) in [5.41, 5.74) is 0.535. The van der Waals surface area contributed by atoms with Crippen LogP contribution in [0, 0.1) is 11.7 Å². The second kappa shape index (κ2) is 6.39. The number of aliphatic hydroxyl groups excluding tert-OH is 1. The first-order valence-corrected chi connectivity index (χ1v) is 7.62. The predicted octanol–water partition coefficient (Wildman–Crippen LogP) is 2.39. The molecule has 1 aromatic rings. The number of likely N-dealkylation sites (tertiary alicyclic amines) is 1. The molecule has 104 valence electrons. The quantitative estimate of drug-likeness (QED) is 0.866. The molecule has 0 atom stereocenters. The summed E-state index contributed by atoms with van der Waals surface area (Å²) in [4.78, 5) is 14.6. The molecule has 0 saturated carbocycles. The van der Waals surface area contributed by atoms with Gasteiger partial charge in [0.25, 0.3) is 5.91 Å². The molecule has 0 aromatic heterocycles. The van der Waals surface area contributed by atoms with Gasteiger partial charge in [-0.1, -0.05) is 0 Å². The molecule has 1 fully saturated rings. The number of aliphatic hydroxyl groups is 1. The molecule has 5 heteroatoms. The lowest BCUT2D eigenvalue weighted by molar-refractivity contribution is 0.0650. The first kappa shape index (κ1) is 14.3. The van der Waals surface area contributed by atoms with Crippen molar-refractivity contribution >= 4 is 17.7 Å². The van der Waals surface area contributed by atoms with E-state index in [-0.39, 0.29) is 18.3 Å². The molecule has 2 rings (SSSR count). The number of hydrogen-bond donors (Lipinski definition) is 1. The maximum Gasteiger partial charge on any atom is 0.253 e. The average molecular weight is 283 g/mol. The lowest BCUT2D eigenvalue weighted by atomic mass is 9.97. The molecule has 1 heterocycles. The zero-order valence-electron chi connectivity index (χ0n) is 10.9. The molecule has 1 aromatic carbocycles. The van der Waals surface area contributed by atoms with Gasteiger partial charge in [0.15, 0.2) is 0 Å². The standard InChI is InChI=1S/C14H18FNO2S/c1-19-13-8-11(2-3-12(13)15)14(18)16-6-4-10(9-17)5-7-16/h2-3,8,10,17H,4-7,9H2,1H3. The van der Waals surface area contributed by atoms with Crippen molar-refractivity contribution in [3.63, 3.8) is 0 Å². The zero-order chi connectivity index (χ0) is 13.8. The molecule has 1 amide bonds. The molecule has 0 aliphatic carbocycles. The van der Waals surface area contributed by atoms with Crippen LogP contribution in [0.1, 0.15) is 23.2 Å². The van der Waals surface area contributed by atoms with Gasteiger partial charge in [-0.2, -0.15) is 0 Å². The molecule has 19 heavy (non-hydrogen) atoms. The number of thioether (sulfide) groups is 1.